The molecular weight excluding hydrogens is 276 g/mol. The summed E-state index contributed by atoms with van der Waals surface area (Å²) in [5.74, 6) is -0.358. The van der Waals surface area contributed by atoms with E-state index in [4.69, 9.17) is 9.96 Å². The second-order valence-corrected chi connectivity index (χ2v) is 5.91. The normalized spacial score (nSPS) is 18.2. The van der Waals surface area contributed by atoms with E-state index in [1.165, 1.54) is 30.3 Å². The van der Waals surface area contributed by atoms with Gasteiger partial charge in [-0.05, 0) is 35.5 Å². The van der Waals surface area contributed by atoms with Crippen molar-refractivity contribution in [3.8, 4) is 0 Å². The molecule has 0 bridgehead atoms. The molecule has 0 spiro atoms. The summed E-state index contributed by atoms with van der Waals surface area (Å²) in [6, 6.07) is 5.41. The van der Waals surface area contributed by atoms with Crippen LogP contribution in [0.4, 0.5) is 0 Å². The molecule has 94 valence electrons. The van der Waals surface area contributed by atoms with E-state index in [1.807, 2.05) is 0 Å². The van der Waals surface area contributed by atoms with Crippen molar-refractivity contribution in [3.05, 3.63) is 34.7 Å². The SMILES string of the molecule is N=C1NC(=O)C(=Cc2ccc(S(=O)(=O)O)cc2)S1. The summed E-state index contributed by atoms with van der Waals surface area (Å²) in [5, 5.41) is 9.65. The van der Waals surface area contributed by atoms with Crippen molar-refractivity contribution < 1.29 is 17.8 Å². The van der Waals surface area contributed by atoms with Crippen LogP contribution in [0.3, 0.4) is 0 Å². The second kappa shape index (κ2) is 4.56. The third-order valence-corrected chi connectivity index (χ3v) is 3.84. The first-order valence-electron chi connectivity index (χ1n) is 4.73. The minimum Gasteiger partial charge on any atom is -0.301 e. The topological polar surface area (TPSA) is 107 Å². The molecule has 1 aliphatic heterocycles. The zero-order chi connectivity index (χ0) is 13.3. The fraction of sp³-hybridized carbons (Fsp3) is 0. The summed E-state index contributed by atoms with van der Waals surface area (Å²) in [6.45, 7) is 0. The number of amidine groups is 1. The Morgan fingerprint density at radius 2 is 1.89 bits per heavy atom. The number of amides is 1. The van der Waals surface area contributed by atoms with Gasteiger partial charge in [0, 0.05) is 0 Å². The molecule has 1 amide bonds. The lowest BCUT2D eigenvalue weighted by molar-refractivity contribution is -0.115. The zero-order valence-electron chi connectivity index (χ0n) is 8.88. The average Bonchev–Trinajstić information content (AvgIpc) is 2.57. The van der Waals surface area contributed by atoms with Crippen LogP contribution in [-0.4, -0.2) is 24.0 Å². The summed E-state index contributed by atoms with van der Waals surface area (Å²) in [6.07, 6.45) is 1.54. The van der Waals surface area contributed by atoms with Crippen molar-refractivity contribution in [2.75, 3.05) is 0 Å². The Morgan fingerprint density at radius 3 is 2.33 bits per heavy atom. The van der Waals surface area contributed by atoms with Crippen LogP contribution in [0.15, 0.2) is 34.1 Å². The fourth-order valence-electron chi connectivity index (χ4n) is 1.33. The van der Waals surface area contributed by atoms with E-state index < -0.39 is 10.1 Å². The molecule has 6 nitrogen and oxygen atoms in total. The molecule has 0 aliphatic carbocycles. The van der Waals surface area contributed by atoms with Gasteiger partial charge in [-0.25, -0.2) is 0 Å². The first kappa shape index (κ1) is 12.8. The molecule has 2 rings (SSSR count). The van der Waals surface area contributed by atoms with Crippen molar-refractivity contribution in [1.29, 1.82) is 5.41 Å². The monoisotopic (exact) mass is 284 g/mol. The van der Waals surface area contributed by atoms with Crippen LogP contribution in [0, 0.1) is 5.41 Å². The van der Waals surface area contributed by atoms with E-state index in [9.17, 15) is 13.2 Å². The quantitative estimate of drug-likeness (QED) is 0.556. The van der Waals surface area contributed by atoms with E-state index >= 15 is 0 Å². The number of benzene rings is 1. The highest BCUT2D eigenvalue weighted by molar-refractivity contribution is 8.18. The molecular formula is C10H8N2O4S2. The summed E-state index contributed by atoms with van der Waals surface area (Å²) in [4.78, 5) is 11.5. The van der Waals surface area contributed by atoms with E-state index in [2.05, 4.69) is 5.32 Å². The Labute approximate surface area is 107 Å². The summed E-state index contributed by atoms with van der Waals surface area (Å²) in [5.41, 5.74) is 0.606. The lowest BCUT2D eigenvalue weighted by atomic mass is 10.2. The molecule has 1 aromatic rings. The predicted octanol–water partition coefficient (Wildman–Crippen LogP) is 1.07. The van der Waals surface area contributed by atoms with Gasteiger partial charge in [-0.3, -0.25) is 14.8 Å². The third-order valence-electron chi connectivity index (χ3n) is 2.14. The molecule has 0 unspecified atom stereocenters. The van der Waals surface area contributed by atoms with Gasteiger partial charge >= 0.3 is 0 Å². The number of hydrogen-bond donors (Lipinski definition) is 3. The van der Waals surface area contributed by atoms with Gasteiger partial charge < -0.3 is 5.32 Å². The van der Waals surface area contributed by atoms with Crippen LogP contribution in [0.1, 0.15) is 5.56 Å². The molecule has 1 aromatic carbocycles. The third kappa shape index (κ3) is 2.78. The molecule has 8 heteroatoms. The van der Waals surface area contributed by atoms with E-state index in [1.54, 1.807) is 0 Å². The zero-order valence-corrected chi connectivity index (χ0v) is 10.5. The summed E-state index contributed by atoms with van der Waals surface area (Å²) >= 11 is 0.994. The standard InChI is InChI=1S/C10H8N2O4S2/c11-10-12-9(13)8(17-10)5-6-1-3-7(4-2-6)18(14,15)16/h1-5H,(H2,11,12,13)(H,14,15,16). The van der Waals surface area contributed by atoms with Crippen molar-refractivity contribution >= 4 is 39.0 Å². The smallest absolute Gasteiger partial charge is 0.294 e. The van der Waals surface area contributed by atoms with Gasteiger partial charge in [-0.15, -0.1) is 0 Å². The number of thioether (sulfide) groups is 1. The van der Waals surface area contributed by atoms with Gasteiger partial charge in [0.1, 0.15) is 0 Å². The molecule has 0 saturated carbocycles. The fourth-order valence-corrected chi connectivity index (χ4v) is 2.51. The van der Waals surface area contributed by atoms with Crippen LogP contribution in [-0.2, 0) is 14.9 Å². The highest BCUT2D eigenvalue weighted by Crippen LogP contribution is 2.25. The molecule has 3 N–H and O–H groups in total. The Kier molecular flexibility index (Phi) is 3.24. The number of carbonyl (C=O) groups excluding carboxylic acids is 1. The highest BCUT2D eigenvalue weighted by atomic mass is 32.2. The summed E-state index contributed by atoms with van der Waals surface area (Å²) < 4.78 is 30.5. The van der Waals surface area contributed by atoms with Crippen molar-refractivity contribution in [2.45, 2.75) is 4.90 Å². The first-order chi connectivity index (χ1) is 8.36. The molecule has 1 heterocycles. The van der Waals surface area contributed by atoms with Crippen molar-refractivity contribution in [1.82, 2.24) is 5.32 Å². The minimum atomic E-state index is -4.21. The van der Waals surface area contributed by atoms with Crippen LogP contribution >= 0.6 is 11.8 Å². The van der Waals surface area contributed by atoms with E-state index in [0.29, 0.717) is 10.5 Å². The Bertz CT molecular complexity index is 647. The Hall–Kier alpha value is -1.64. The molecule has 0 radical (unpaired) electrons. The molecule has 0 atom stereocenters. The molecule has 0 aromatic heterocycles. The minimum absolute atomic E-state index is 0.0563. The maximum atomic E-state index is 11.3. The predicted molar refractivity (Wildman–Crippen MR) is 67.7 cm³/mol. The number of rotatable bonds is 2. The first-order valence-corrected chi connectivity index (χ1v) is 6.99. The van der Waals surface area contributed by atoms with Crippen LogP contribution < -0.4 is 5.32 Å². The number of hydrogen-bond acceptors (Lipinski definition) is 5. The maximum absolute atomic E-state index is 11.3. The Balaban J connectivity index is 2.29. The van der Waals surface area contributed by atoms with Gasteiger partial charge in [0.05, 0.1) is 9.80 Å². The van der Waals surface area contributed by atoms with Gasteiger partial charge in [0.15, 0.2) is 5.17 Å². The lowest BCUT2D eigenvalue weighted by Gasteiger charge is -1.98. The highest BCUT2D eigenvalue weighted by Gasteiger charge is 2.22. The van der Waals surface area contributed by atoms with E-state index in [-0.39, 0.29) is 16.0 Å². The Morgan fingerprint density at radius 1 is 1.28 bits per heavy atom. The van der Waals surface area contributed by atoms with Crippen LogP contribution in [0.5, 0.6) is 0 Å². The lowest BCUT2D eigenvalue weighted by Crippen LogP contribution is -2.18. The van der Waals surface area contributed by atoms with Gasteiger partial charge in [-0.2, -0.15) is 8.42 Å². The largest absolute Gasteiger partial charge is 0.301 e. The van der Waals surface area contributed by atoms with Crippen molar-refractivity contribution in [2.24, 2.45) is 0 Å². The van der Waals surface area contributed by atoms with Crippen molar-refractivity contribution in [3.63, 3.8) is 0 Å². The average molecular weight is 284 g/mol. The molecule has 1 fully saturated rings. The van der Waals surface area contributed by atoms with Gasteiger partial charge in [-0.1, -0.05) is 12.1 Å². The molecule has 18 heavy (non-hydrogen) atoms. The summed E-state index contributed by atoms with van der Waals surface area (Å²) in [7, 11) is -4.21. The maximum Gasteiger partial charge on any atom is 0.294 e. The van der Waals surface area contributed by atoms with Crippen LogP contribution in [0.2, 0.25) is 0 Å². The number of carbonyl (C=O) groups is 1. The van der Waals surface area contributed by atoms with E-state index in [0.717, 1.165) is 11.8 Å². The van der Waals surface area contributed by atoms with Gasteiger partial charge in [0.2, 0.25) is 0 Å². The molecule has 1 saturated heterocycles. The van der Waals surface area contributed by atoms with Gasteiger partial charge in [0.25, 0.3) is 16.0 Å². The second-order valence-electron chi connectivity index (χ2n) is 3.44. The molecule has 1 aliphatic rings. The number of nitrogens with one attached hydrogen (secondary N) is 2. The van der Waals surface area contributed by atoms with Crippen LogP contribution in [0.25, 0.3) is 6.08 Å².